The summed E-state index contributed by atoms with van der Waals surface area (Å²) in [5.74, 6) is 1.34. The molecule has 32 heavy (non-hydrogen) atoms. The Morgan fingerprint density at radius 3 is 2.47 bits per heavy atom. The van der Waals surface area contributed by atoms with Crippen molar-refractivity contribution in [3.8, 4) is 22.8 Å². The fourth-order valence-corrected chi connectivity index (χ4v) is 3.81. The predicted molar refractivity (Wildman–Crippen MR) is 122 cm³/mol. The summed E-state index contributed by atoms with van der Waals surface area (Å²) in [6.45, 7) is 2.49. The van der Waals surface area contributed by atoms with Gasteiger partial charge in [-0.05, 0) is 30.3 Å². The molecule has 1 aliphatic heterocycles. The van der Waals surface area contributed by atoms with E-state index in [4.69, 9.17) is 9.47 Å². The molecule has 0 bridgehead atoms. The van der Waals surface area contributed by atoms with E-state index in [1.807, 2.05) is 48.5 Å². The minimum Gasteiger partial charge on any atom is -0.497 e. The third-order valence-electron chi connectivity index (χ3n) is 5.59. The molecule has 0 aliphatic carbocycles. The van der Waals surface area contributed by atoms with Crippen molar-refractivity contribution in [3.63, 3.8) is 0 Å². The van der Waals surface area contributed by atoms with Gasteiger partial charge >= 0.3 is 0 Å². The molecule has 1 aromatic heterocycles. The van der Waals surface area contributed by atoms with Gasteiger partial charge in [0.25, 0.3) is 5.56 Å². The normalized spacial score (nSPS) is 13.7. The molecule has 166 valence electrons. The highest BCUT2D eigenvalue weighted by atomic mass is 16.5. The van der Waals surface area contributed by atoms with Gasteiger partial charge in [0.15, 0.2) is 0 Å². The number of nitrogens with zero attached hydrogens (tertiary/aromatic N) is 4. The summed E-state index contributed by atoms with van der Waals surface area (Å²) in [7, 11) is 3.23. The molecule has 0 spiro atoms. The molecule has 0 atom stereocenters. The minimum absolute atomic E-state index is 0.0962. The van der Waals surface area contributed by atoms with E-state index in [0.717, 1.165) is 17.0 Å². The quantitative estimate of drug-likeness (QED) is 0.593. The second-order valence-corrected chi connectivity index (χ2v) is 7.48. The van der Waals surface area contributed by atoms with Crippen molar-refractivity contribution >= 4 is 11.6 Å². The first-order chi connectivity index (χ1) is 15.6. The summed E-state index contributed by atoms with van der Waals surface area (Å²) in [5, 5.41) is 4.42. The van der Waals surface area contributed by atoms with Gasteiger partial charge in [0.2, 0.25) is 5.91 Å². The number of hydrogen-bond acceptors (Lipinski definition) is 6. The van der Waals surface area contributed by atoms with Gasteiger partial charge in [-0.25, -0.2) is 4.68 Å². The van der Waals surface area contributed by atoms with Crippen LogP contribution in [0.1, 0.15) is 0 Å². The Balaban J connectivity index is 1.44. The van der Waals surface area contributed by atoms with Crippen molar-refractivity contribution in [2.45, 2.75) is 6.54 Å². The molecule has 2 aromatic carbocycles. The van der Waals surface area contributed by atoms with Crippen LogP contribution in [0.3, 0.4) is 0 Å². The molecule has 1 amide bonds. The van der Waals surface area contributed by atoms with E-state index in [2.05, 4.69) is 10.00 Å². The molecule has 4 rings (SSSR count). The monoisotopic (exact) mass is 434 g/mol. The number of rotatable bonds is 6. The van der Waals surface area contributed by atoms with E-state index in [0.29, 0.717) is 37.6 Å². The number of aromatic nitrogens is 2. The number of carbonyl (C=O) groups is 1. The van der Waals surface area contributed by atoms with Gasteiger partial charge in [-0.15, -0.1) is 0 Å². The smallest absolute Gasteiger partial charge is 0.267 e. The Labute approximate surface area is 186 Å². The van der Waals surface area contributed by atoms with Gasteiger partial charge in [-0.3, -0.25) is 9.59 Å². The Hall–Kier alpha value is -3.81. The average Bonchev–Trinajstić information content (AvgIpc) is 2.85. The minimum atomic E-state index is -0.313. The predicted octanol–water partition coefficient (Wildman–Crippen LogP) is 2.28. The van der Waals surface area contributed by atoms with Crippen LogP contribution in [-0.2, 0) is 11.3 Å². The fraction of sp³-hybridized carbons (Fsp3) is 0.292. The van der Waals surface area contributed by atoms with E-state index < -0.39 is 0 Å². The van der Waals surface area contributed by atoms with Crippen molar-refractivity contribution in [3.05, 3.63) is 71.0 Å². The molecular formula is C24H26N4O4. The van der Waals surface area contributed by atoms with E-state index in [9.17, 15) is 9.59 Å². The van der Waals surface area contributed by atoms with Crippen LogP contribution in [0.4, 0.5) is 5.69 Å². The third kappa shape index (κ3) is 4.59. The maximum absolute atomic E-state index is 12.9. The lowest BCUT2D eigenvalue weighted by atomic mass is 10.1. The Morgan fingerprint density at radius 2 is 1.72 bits per heavy atom. The summed E-state index contributed by atoms with van der Waals surface area (Å²) >= 11 is 0. The second-order valence-electron chi connectivity index (χ2n) is 7.48. The molecule has 1 aliphatic rings. The number of amides is 1. The molecule has 8 nitrogen and oxygen atoms in total. The van der Waals surface area contributed by atoms with Crippen LogP contribution in [-0.4, -0.2) is 61.0 Å². The SMILES string of the molecule is COc1cccc(N2CCN(C(=O)Cn3nc(-c4ccccc4OC)ccc3=O)CC2)c1. The maximum Gasteiger partial charge on any atom is 0.267 e. The highest BCUT2D eigenvalue weighted by molar-refractivity contribution is 5.76. The first kappa shape index (κ1) is 21.4. The number of hydrogen-bond donors (Lipinski definition) is 0. The number of ether oxygens (including phenoxy) is 2. The van der Waals surface area contributed by atoms with E-state index in [-0.39, 0.29) is 18.0 Å². The number of piperazine rings is 1. The van der Waals surface area contributed by atoms with Gasteiger partial charge in [-0.1, -0.05) is 18.2 Å². The largest absolute Gasteiger partial charge is 0.497 e. The zero-order valence-electron chi connectivity index (χ0n) is 18.2. The average molecular weight is 434 g/mol. The van der Waals surface area contributed by atoms with Crippen molar-refractivity contribution in [2.75, 3.05) is 45.3 Å². The van der Waals surface area contributed by atoms with E-state index >= 15 is 0 Å². The zero-order valence-corrected chi connectivity index (χ0v) is 18.2. The molecule has 2 heterocycles. The van der Waals surface area contributed by atoms with E-state index in [1.165, 1.54) is 10.7 Å². The molecular weight excluding hydrogens is 408 g/mol. The highest BCUT2D eigenvalue weighted by Gasteiger charge is 2.22. The fourth-order valence-electron chi connectivity index (χ4n) is 3.81. The molecule has 1 saturated heterocycles. The van der Waals surface area contributed by atoms with E-state index in [1.54, 1.807) is 25.2 Å². The maximum atomic E-state index is 12.9. The summed E-state index contributed by atoms with van der Waals surface area (Å²) in [6.07, 6.45) is 0. The highest BCUT2D eigenvalue weighted by Crippen LogP contribution is 2.27. The lowest BCUT2D eigenvalue weighted by molar-refractivity contribution is -0.132. The van der Waals surface area contributed by atoms with Crippen LogP contribution in [0.25, 0.3) is 11.3 Å². The topological polar surface area (TPSA) is 76.9 Å². The molecule has 0 N–H and O–H groups in total. The van der Waals surface area contributed by atoms with Gasteiger partial charge < -0.3 is 19.3 Å². The van der Waals surface area contributed by atoms with Gasteiger partial charge in [0, 0.05) is 49.6 Å². The molecule has 0 saturated carbocycles. The number of methoxy groups -OCH3 is 2. The summed E-state index contributed by atoms with van der Waals surface area (Å²) in [4.78, 5) is 29.2. The van der Waals surface area contributed by atoms with Crippen LogP contribution in [0.5, 0.6) is 11.5 Å². The third-order valence-corrected chi connectivity index (χ3v) is 5.59. The van der Waals surface area contributed by atoms with Crippen molar-refractivity contribution < 1.29 is 14.3 Å². The number of anilines is 1. The molecule has 0 unspecified atom stereocenters. The van der Waals surface area contributed by atoms with Crippen LogP contribution < -0.4 is 19.9 Å². The standard InChI is InChI=1S/C24H26N4O4/c1-31-19-7-5-6-18(16-19)26-12-14-27(15-13-26)24(30)17-28-23(29)11-10-21(25-28)20-8-3-4-9-22(20)32-2/h3-11,16H,12-15,17H2,1-2H3. The Bertz CT molecular complexity index is 1150. The van der Waals surface area contributed by atoms with Gasteiger partial charge in [0.05, 0.1) is 19.9 Å². The Morgan fingerprint density at radius 1 is 0.938 bits per heavy atom. The van der Waals surface area contributed by atoms with Crippen LogP contribution >= 0.6 is 0 Å². The first-order valence-electron chi connectivity index (χ1n) is 10.5. The van der Waals surface area contributed by atoms with Crippen molar-refractivity contribution in [1.82, 2.24) is 14.7 Å². The molecule has 0 radical (unpaired) electrons. The van der Waals surface area contributed by atoms with Crippen LogP contribution in [0, 0.1) is 0 Å². The molecule has 1 fully saturated rings. The van der Waals surface area contributed by atoms with Gasteiger partial charge in [-0.2, -0.15) is 5.10 Å². The zero-order chi connectivity index (χ0) is 22.5. The summed E-state index contributed by atoms with van der Waals surface area (Å²) < 4.78 is 11.9. The lowest BCUT2D eigenvalue weighted by Crippen LogP contribution is -2.50. The number of carbonyl (C=O) groups excluding carboxylic acids is 1. The van der Waals surface area contributed by atoms with Crippen LogP contribution in [0.2, 0.25) is 0 Å². The van der Waals surface area contributed by atoms with Gasteiger partial charge in [0.1, 0.15) is 18.0 Å². The summed E-state index contributed by atoms with van der Waals surface area (Å²) in [5.41, 5.74) is 2.10. The molecule has 8 heteroatoms. The second kappa shape index (κ2) is 9.55. The lowest BCUT2D eigenvalue weighted by Gasteiger charge is -2.36. The van der Waals surface area contributed by atoms with Crippen molar-refractivity contribution in [2.24, 2.45) is 0 Å². The number of para-hydroxylation sites is 1. The summed E-state index contributed by atoms with van der Waals surface area (Å²) in [6, 6.07) is 18.4. The number of benzene rings is 2. The van der Waals surface area contributed by atoms with Crippen molar-refractivity contribution in [1.29, 1.82) is 0 Å². The molecule has 3 aromatic rings. The first-order valence-corrected chi connectivity index (χ1v) is 10.5. The Kier molecular flexibility index (Phi) is 6.39. The van der Waals surface area contributed by atoms with Crippen LogP contribution in [0.15, 0.2) is 65.5 Å².